The number of benzene rings is 3. The van der Waals surface area contributed by atoms with E-state index in [2.05, 4.69) is 55.3 Å². The molecule has 0 saturated heterocycles. The number of carbonyl (C=O) groups excluding carboxylic acids is 1. The van der Waals surface area contributed by atoms with Crippen LogP contribution in [0.4, 0.5) is 0 Å². The molecule has 5 aromatic rings. The molecule has 152 valence electrons. The van der Waals surface area contributed by atoms with E-state index in [-0.39, 0.29) is 5.76 Å². The molecule has 5 nitrogen and oxygen atoms in total. The monoisotopic (exact) mass is 471 g/mol. The van der Waals surface area contributed by atoms with Crippen LogP contribution in [0, 0.1) is 0 Å². The highest BCUT2D eigenvalue weighted by atomic mass is 79.9. The molecule has 0 atom stereocenters. The maximum absolute atomic E-state index is 12.5. The van der Waals surface area contributed by atoms with Crippen LogP contribution >= 0.6 is 15.9 Å². The van der Waals surface area contributed by atoms with Gasteiger partial charge in [-0.05, 0) is 35.9 Å². The predicted molar refractivity (Wildman–Crippen MR) is 126 cm³/mol. The number of carbonyl (C=O) groups is 1. The zero-order valence-corrected chi connectivity index (χ0v) is 18.0. The first-order chi connectivity index (χ1) is 15.2. The van der Waals surface area contributed by atoms with E-state index >= 15 is 0 Å². The van der Waals surface area contributed by atoms with Gasteiger partial charge in [0.15, 0.2) is 5.76 Å². The zero-order valence-electron chi connectivity index (χ0n) is 16.5. The van der Waals surface area contributed by atoms with Gasteiger partial charge in [-0.25, -0.2) is 5.43 Å². The van der Waals surface area contributed by atoms with Crippen LogP contribution in [0.15, 0.2) is 99.1 Å². The number of nitrogens with zero attached hydrogens (tertiary/aromatic N) is 2. The van der Waals surface area contributed by atoms with Crippen LogP contribution in [0.1, 0.15) is 21.7 Å². The Balaban J connectivity index is 1.37. The van der Waals surface area contributed by atoms with Crippen LogP contribution in [0.25, 0.3) is 21.9 Å². The third-order valence-corrected chi connectivity index (χ3v) is 5.58. The van der Waals surface area contributed by atoms with Gasteiger partial charge >= 0.3 is 5.91 Å². The average molecular weight is 472 g/mol. The normalized spacial score (nSPS) is 11.5. The van der Waals surface area contributed by atoms with E-state index in [4.69, 9.17) is 4.42 Å². The molecule has 5 rings (SSSR count). The summed E-state index contributed by atoms with van der Waals surface area (Å²) in [5, 5.41) is 6.10. The summed E-state index contributed by atoms with van der Waals surface area (Å²) in [7, 11) is 0. The van der Waals surface area contributed by atoms with Crippen molar-refractivity contribution in [2.24, 2.45) is 5.10 Å². The summed E-state index contributed by atoms with van der Waals surface area (Å²) in [6.07, 6.45) is 3.72. The van der Waals surface area contributed by atoms with Gasteiger partial charge in [-0.3, -0.25) is 4.79 Å². The van der Waals surface area contributed by atoms with Crippen LogP contribution < -0.4 is 5.43 Å². The average Bonchev–Trinajstić information content (AvgIpc) is 3.36. The third-order valence-electron chi connectivity index (χ3n) is 5.09. The highest BCUT2D eigenvalue weighted by molar-refractivity contribution is 9.10. The minimum atomic E-state index is -0.392. The number of fused-ring (bicyclic) bond motifs is 2. The number of nitrogens with one attached hydrogen (secondary N) is 1. The zero-order chi connectivity index (χ0) is 21.2. The molecule has 0 unspecified atom stereocenters. The van der Waals surface area contributed by atoms with Gasteiger partial charge in [-0.15, -0.1) is 0 Å². The van der Waals surface area contributed by atoms with Crippen molar-refractivity contribution >= 4 is 49.9 Å². The van der Waals surface area contributed by atoms with Crippen molar-refractivity contribution in [2.75, 3.05) is 0 Å². The van der Waals surface area contributed by atoms with Gasteiger partial charge in [0, 0.05) is 39.1 Å². The van der Waals surface area contributed by atoms with E-state index in [0.717, 1.165) is 32.9 Å². The smallest absolute Gasteiger partial charge is 0.307 e. The first-order valence-electron chi connectivity index (χ1n) is 9.82. The van der Waals surface area contributed by atoms with Crippen molar-refractivity contribution in [2.45, 2.75) is 6.54 Å². The molecule has 0 aliphatic carbocycles. The van der Waals surface area contributed by atoms with E-state index in [0.29, 0.717) is 5.58 Å². The quantitative estimate of drug-likeness (QED) is 0.253. The molecule has 2 aromatic heterocycles. The van der Waals surface area contributed by atoms with E-state index in [1.165, 1.54) is 5.56 Å². The largest absolute Gasteiger partial charge is 0.451 e. The molecule has 0 bridgehead atoms. The number of furan rings is 1. The maximum atomic E-state index is 12.5. The Labute approximate surface area is 187 Å². The van der Waals surface area contributed by atoms with Gasteiger partial charge in [0.05, 0.1) is 6.21 Å². The molecule has 1 N–H and O–H groups in total. The molecule has 0 saturated carbocycles. The van der Waals surface area contributed by atoms with Crippen molar-refractivity contribution in [3.8, 4) is 0 Å². The van der Waals surface area contributed by atoms with E-state index in [9.17, 15) is 4.79 Å². The molecular weight excluding hydrogens is 454 g/mol. The lowest BCUT2D eigenvalue weighted by molar-refractivity contribution is 0.0929. The molecule has 0 fully saturated rings. The Morgan fingerprint density at radius 2 is 1.84 bits per heavy atom. The molecular formula is C25H18BrN3O2. The fraction of sp³-hybridized carbons (Fsp3) is 0.0400. The van der Waals surface area contributed by atoms with Gasteiger partial charge < -0.3 is 8.98 Å². The molecule has 31 heavy (non-hydrogen) atoms. The van der Waals surface area contributed by atoms with Crippen LogP contribution in [-0.4, -0.2) is 16.7 Å². The topological polar surface area (TPSA) is 59.5 Å². The van der Waals surface area contributed by atoms with Crippen LogP contribution in [0.5, 0.6) is 0 Å². The number of para-hydroxylation sites is 1. The molecule has 0 aliphatic heterocycles. The van der Waals surface area contributed by atoms with Crippen LogP contribution in [0.3, 0.4) is 0 Å². The Hall–Kier alpha value is -3.64. The minimum absolute atomic E-state index is 0.219. The highest BCUT2D eigenvalue weighted by Crippen LogP contribution is 2.24. The number of hydrogen-bond acceptors (Lipinski definition) is 3. The summed E-state index contributed by atoms with van der Waals surface area (Å²) in [4.78, 5) is 12.5. The summed E-state index contributed by atoms with van der Waals surface area (Å²) in [5.41, 5.74) is 6.48. The summed E-state index contributed by atoms with van der Waals surface area (Å²) < 4.78 is 8.73. The van der Waals surface area contributed by atoms with Gasteiger partial charge in [0.1, 0.15) is 5.58 Å². The second-order valence-electron chi connectivity index (χ2n) is 7.21. The third kappa shape index (κ3) is 4.02. The number of hydrogen-bond donors (Lipinski definition) is 1. The molecule has 0 spiro atoms. The number of amides is 1. The lowest BCUT2D eigenvalue weighted by atomic mass is 10.2. The Morgan fingerprint density at radius 1 is 1.03 bits per heavy atom. The summed E-state index contributed by atoms with van der Waals surface area (Å²) in [6, 6.07) is 25.8. The highest BCUT2D eigenvalue weighted by Gasteiger charge is 2.12. The molecule has 3 aromatic carbocycles. The fourth-order valence-corrected chi connectivity index (χ4v) is 4.01. The van der Waals surface area contributed by atoms with Crippen molar-refractivity contribution in [1.82, 2.24) is 9.99 Å². The molecule has 6 heteroatoms. The van der Waals surface area contributed by atoms with Crippen molar-refractivity contribution < 1.29 is 9.21 Å². The van der Waals surface area contributed by atoms with Crippen molar-refractivity contribution in [1.29, 1.82) is 0 Å². The second-order valence-corrected chi connectivity index (χ2v) is 8.12. The number of rotatable bonds is 5. The van der Waals surface area contributed by atoms with Crippen LogP contribution in [-0.2, 0) is 6.54 Å². The first-order valence-corrected chi connectivity index (χ1v) is 10.6. The summed E-state index contributed by atoms with van der Waals surface area (Å²) in [6.45, 7) is 0.760. The predicted octanol–water partition coefficient (Wildman–Crippen LogP) is 5.96. The van der Waals surface area contributed by atoms with E-state index in [1.807, 2.05) is 54.7 Å². The number of halogens is 1. The van der Waals surface area contributed by atoms with E-state index < -0.39 is 5.91 Å². The van der Waals surface area contributed by atoms with Crippen molar-refractivity contribution in [3.63, 3.8) is 0 Å². The van der Waals surface area contributed by atoms with Gasteiger partial charge in [-0.2, -0.15) is 5.10 Å². The van der Waals surface area contributed by atoms with Gasteiger partial charge in [-0.1, -0.05) is 64.5 Å². The summed E-state index contributed by atoms with van der Waals surface area (Å²) in [5.74, 6) is -0.173. The second kappa shape index (κ2) is 8.24. The molecule has 0 aliphatic rings. The Morgan fingerprint density at radius 3 is 2.71 bits per heavy atom. The lowest BCUT2D eigenvalue weighted by Crippen LogP contribution is -2.16. The Bertz CT molecular complexity index is 1420. The number of hydrazone groups is 1. The van der Waals surface area contributed by atoms with E-state index in [1.54, 1.807) is 12.3 Å². The summed E-state index contributed by atoms with van der Waals surface area (Å²) >= 11 is 3.42. The Kier molecular flexibility index (Phi) is 5.14. The van der Waals surface area contributed by atoms with Crippen LogP contribution in [0.2, 0.25) is 0 Å². The van der Waals surface area contributed by atoms with Crippen molar-refractivity contribution in [3.05, 3.63) is 106 Å². The fourth-order valence-electron chi connectivity index (χ4n) is 3.63. The standard InChI is InChI=1S/C25H18BrN3O2/c26-20-10-11-23-18(12-20)13-24(31-23)25(30)28-27-14-19-16-29(15-17-6-2-1-3-7-17)22-9-5-4-8-21(19)22/h1-14,16H,15H2,(H,28,30)/b27-14+. The molecule has 1 amide bonds. The first kappa shape index (κ1) is 19.3. The number of aromatic nitrogens is 1. The maximum Gasteiger partial charge on any atom is 0.307 e. The van der Waals surface area contributed by atoms with Gasteiger partial charge in [0.25, 0.3) is 0 Å². The molecule has 2 heterocycles. The SMILES string of the molecule is O=C(N/N=C/c1cn(Cc2ccccc2)c2ccccc12)c1cc2cc(Br)ccc2o1. The lowest BCUT2D eigenvalue weighted by Gasteiger charge is -2.05. The minimum Gasteiger partial charge on any atom is -0.451 e. The molecule has 0 radical (unpaired) electrons. The van der Waals surface area contributed by atoms with Gasteiger partial charge in [0.2, 0.25) is 0 Å².